The van der Waals surface area contributed by atoms with Gasteiger partial charge in [-0.05, 0) is 43.0 Å². The first kappa shape index (κ1) is 13.5. The highest BCUT2D eigenvalue weighted by atomic mass is 19.1. The topological polar surface area (TPSA) is 77.1 Å². The zero-order valence-electron chi connectivity index (χ0n) is 11.2. The molecule has 110 valence electrons. The van der Waals surface area contributed by atoms with Crippen LogP contribution < -0.4 is 11.1 Å². The van der Waals surface area contributed by atoms with E-state index in [0.717, 1.165) is 17.5 Å². The molecule has 0 aliphatic heterocycles. The van der Waals surface area contributed by atoms with E-state index in [1.54, 1.807) is 0 Å². The summed E-state index contributed by atoms with van der Waals surface area (Å²) in [6, 6.07) is 5.41. The van der Waals surface area contributed by atoms with E-state index in [4.69, 9.17) is 4.42 Å². The summed E-state index contributed by atoms with van der Waals surface area (Å²) in [5, 5.41) is 6.69. The average molecular weight is 291 g/mol. The Morgan fingerprint density at radius 2 is 2.10 bits per heavy atom. The van der Waals surface area contributed by atoms with E-state index in [1.165, 1.54) is 24.3 Å². The van der Waals surface area contributed by atoms with Crippen LogP contribution in [0.2, 0.25) is 0 Å². The molecule has 1 N–H and O–H groups in total. The smallest absolute Gasteiger partial charge is 0.388 e. The van der Waals surface area contributed by atoms with E-state index < -0.39 is 5.76 Å². The number of carbonyl (C=O) groups excluding carboxylic acids is 1. The number of nitrogens with zero attached hydrogens (tertiary/aromatic N) is 2. The van der Waals surface area contributed by atoms with Gasteiger partial charge in [-0.1, -0.05) is 0 Å². The van der Waals surface area contributed by atoms with Crippen molar-refractivity contribution in [1.82, 2.24) is 15.1 Å². The lowest BCUT2D eigenvalue weighted by Gasteiger charge is -2.02. The zero-order valence-corrected chi connectivity index (χ0v) is 11.2. The van der Waals surface area contributed by atoms with Gasteiger partial charge >= 0.3 is 5.76 Å². The standard InChI is InChI=1S/C14H14FN3O3/c15-11-5-3-10(4-6-11)13-17-18(14(20)21-13)8-12(19)16-7-9-1-2-9/h3-6,9H,1-2,7-8H2,(H,16,19). The maximum absolute atomic E-state index is 12.8. The Labute approximate surface area is 119 Å². The molecule has 0 unspecified atom stereocenters. The Balaban J connectivity index is 1.70. The number of hydrogen-bond donors (Lipinski definition) is 1. The number of nitrogens with one attached hydrogen (secondary N) is 1. The molecular weight excluding hydrogens is 277 g/mol. The van der Waals surface area contributed by atoms with Crippen LogP contribution in [-0.2, 0) is 11.3 Å². The van der Waals surface area contributed by atoms with Crippen molar-refractivity contribution in [3.8, 4) is 11.5 Å². The molecule has 1 fully saturated rings. The molecule has 0 atom stereocenters. The summed E-state index contributed by atoms with van der Waals surface area (Å²) in [5.74, 6) is -0.744. The predicted molar refractivity (Wildman–Crippen MR) is 71.9 cm³/mol. The van der Waals surface area contributed by atoms with E-state index in [2.05, 4.69) is 10.4 Å². The molecule has 0 radical (unpaired) electrons. The van der Waals surface area contributed by atoms with Crippen LogP contribution in [0.4, 0.5) is 4.39 Å². The molecule has 0 saturated heterocycles. The summed E-state index contributed by atoms with van der Waals surface area (Å²) < 4.78 is 18.8. The Morgan fingerprint density at radius 1 is 1.38 bits per heavy atom. The zero-order chi connectivity index (χ0) is 14.8. The van der Waals surface area contributed by atoms with Crippen LogP contribution in [0.3, 0.4) is 0 Å². The summed E-state index contributed by atoms with van der Waals surface area (Å²) in [6.07, 6.45) is 2.28. The van der Waals surface area contributed by atoms with Gasteiger partial charge in [-0.25, -0.2) is 9.18 Å². The Bertz CT molecular complexity index is 701. The van der Waals surface area contributed by atoms with Crippen molar-refractivity contribution in [2.75, 3.05) is 6.54 Å². The summed E-state index contributed by atoms with van der Waals surface area (Å²) in [6.45, 7) is 0.451. The third-order valence-electron chi connectivity index (χ3n) is 3.28. The Morgan fingerprint density at radius 3 is 2.76 bits per heavy atom. The molecule has 0 bridgehead atoms. The normalized spacial score (nSPS) is 14.1. The highest BCUT2D eigenvalue weighted by molar-refractivity contribution is 5.75. The van der Waals surface area contributed by atoms with E-state index >= 15 is 0 Å². The number of amides is 1. The van der Waals surface area contributed by atoms with E-state index in [-0.39, 0.29) is 24.2 Å². The van der Waals surface area contributed by atoms with E-state index in [1.807, 2.05) is 0 Å². The maximum atomic E-state index is 12.8. The van der Waals surface area contributed by atoms with Crippen molar-refractivity contribution < 1.29 is 13.6 Å². The second kappa shape index (κ2) is 5.51. The van der Waals surface area contributed by atoms with Crippen LogP contribution >= 0.6 is 0 Å². The molecule has 6 nitrogen and oxygen atoms in total. The molecule has 1 aromatic carbocycles. The monoisotopic (exact) mass is 291 g/mol. The van der Waals surface area contributed by atoms with Crippen LogP contribution in [0, 0.1) is 11.7 Å². The number of aromatic nitrogens is 2. The third-order valence-corrected chi connectivity index (χ3v) is 3.28. The summed E-state index contributed by atoms with van der Waals surface area (Å²) in [5.41, 5.74) is 0.477. The highest BCUT2D eigenvalue weighted by Gasteiger charge is 2.22. The van der Waals surface area contributed by atoms with Crippen molar-refractivity contribution in [3.05, 3.63) is 40.6 Å². The number of hydrogen-bond acceptors (Lipinski definition) is 4. The molecule has 1 aliphatic carbocycles. The number of benzene rings is 1. The van der Waals surface area contributed by atoms with Gasteiger partial charge in [0.1, 0.15) is 12.4 Å². The van der Waals surface area contributed by atoms with Crippen LogP contribution in [-0.4, -0.2) is 22.2 Å². The number of halogens is 1. The van der Waals surface area contributed by atoms with Crippen LogP contribution in [0.25, 0.3) is 11.5 Å². The first-order chi connectivity index (χ1) is 10.1. The molecule has 1 aliphatic rings. The molecule has 0 spiro atoms. The van der Waals surface area contributed by atoms with E-state index in [0.29, 0.717) is 18.0 Å². The summed E-state index contributed by atoms with van der Waals surface area (Å²) >= 11 is 0. The number of carbonyl (C=O) groups is 1. The SMILES string of the molecule is O=C(Cn1nc(-c2ccc(F)cc2)oc1=O)NCC1CC1. The van der Waals surface area contributed by atoms with Gasteiger partial charge in [0.15, 0.2) is 0 Å². The fourth-order valence-corrected chi connectivity index (χ4v) is 1.89. The molecule has 3 rings (SSSR count). The molecule has 1 aromatic heterocycles. The van der Waals surface area contributed by atoms with Crippen molar-refractivity contribution in [2.45, 2.75) is 19.4 Å². The average Bonchev–Trinajstić information content (AvgIpc) is 3.22. The van der Waals surface area contributed by atoms with Crippen molar-refractivity contribution in [1.29, 1.82) is 0 Å². The van der Waals surface area contributed by atoms with Crippen molar-refractivity contribution >= 4 is 5.91 Å². The van der Waals surface area contributed by atoms with Gasteiger partial charge < -0.3 is 9.73 Å². The van der Waals surface area contributed by atoms with E-state index in [9.17, 15) is 14.0 Å². The lowest BCUT2D eigenvalue weighted by atomic mass is 10.2. The molecule has 21 heavy (non-hydrogen) atoms. The predicted octanol–water partition coefficient (Wildman–Crippen LogP) is 1.17. The van der Waals surface area contributed by atoms with Gasteiger partial charge in [-0.3, -0.25) is 4.79 Å². The van der Waals surface area contributed by atoms with Gasteiger partial charge in [0, 0.05) is 12.1 Å². The second-order valence-electron chi connectivity index (χ2n) is 5.09. The molecule has 7 heteroatoms. The second-order valence-corrected chi connectivity index (χ2v) is 5.09. The molecule has 1 amide bonds. The van der Waals surface area contributed by atoms with Gasteiger partial charge in [-0.2, -0.15) is 4.68 Å². The Kier molecular flexibility index (Phi) is 3.55. The van der Waals surface area contributed by atoms with Gasteiger partial charge in [0.05, 0.1) is 0 Å². The van der Waals surface area contributed by atoms with Crippen LogP contribution in [0.1, 0.15) is 12.8 Å². The molecular formula is C14H14FN3O3. The third kappa shape index (κ3) is 3.36. The largest absolute Gasteiger partial charge is 0.437 e. The minimum atomic E-state index is -0.712. The molecule has 2 aromatic rings. The fraction of sp³-hybridized carbons (Fsp3) is 0.357. The minimum Gasteiger partial charge on any atom is -0.388 e. The van der Waals surface area contributed by atoms with Crippen molar-refractivity contribution in [2.24, 2.45) is 5.92 Å². The highest BCUT2D eigenvalue weighted by Crippen LogP contribution is 2.27. The molecule has 1 heterocycles. The van der Waals surface area contributed by atoms with Gasteiger partial charge in [0.2, 0.25) is 11.8 Å². The summed E-state index contributed by atoms with van der Waals surface area (Å²) in [4.78, 5) is 23.3. The quantitative estimate of drug-likeness (QED) is 0.897. The summed E-state index contributed by atoms with van der Waals surface area (Å²) in [7, 11) is 0. The maximum Gasteiger partial charge on any atom is 0.437 e. The lowest BCUT2D eigenvalue weighted by molar-refractivity contribution is -0.122. The Hall–Kier alpha value is -2.44. The van der Waals surface area contributed by atoms with Crippen molar-refractivity contribution in [3.63, 3.8) is 0 Å². The first-order valence-electron chi connectivity index (χ1n) is 6.72. The lowest BCUT2D eigenvalue weighted by Crippen LogP contribution is -2.32. The molecule has 1 saturated carbocycles. The minimum absolute atomic E-state index is 0.0648. The first-order valence-corrected chi connectivity index (χ1v) is 6.72. The van der Waals surface area contributed by atoms with Crippen LogP contribution in [0.5, 0.6) is 0 Å². The van der Waals surface area contributed by atoms with Gasteiger partial charge in [-0.15, -0.1) is 5.10 Å². The van der Waals surface area contributed by atoms with Gasteiger partial charge in [0.25, 0.3) is 0 Å². The van der Waals surface area contributed by atoms with Crippen LogP contribution in [0.15, 0.2) is 33.5 Å². The fourth-order valence-electron chi connectivity index (χ4n) is 1.89. The number of rotatable bonds is 5.